The molecule has 0 saturated carbocycles. The van der Waals surface area contributed by atoms with E-state index < -0.39 is 0 Å². The SMILES string of the molecule is CC.CCOC(=O)CCNC(=O)c1ccc(C=O)cc1. The number of hydrogen-bond donors (Lipinski definition) is 1. The second-order valence-electron chi connectivity index (χ2n) is 3.55. The summed E-state index contributed by atoms with van der Waals surface area (Å²) in [6, 6.07) is 6.24. The minimum Gasteiger partial charge on any atom is -0.466 e. The Morgan fingerprint density at radius 1 is 1.20 bits per heavy atom. The van der Waals surface area contributed by atoms with Crippen LogP contribution in [-0.2, 0) is 9.53 Å². The molecule has 1 aromatic rings. The number of carbonyl (C=O) groups is 3. The van der Waals surface area contributed by atoms with E-state index in [-0.39, 0.29) is 24.8 Å². The molecule has 0 unspecified atom stereocenters. The van der Waals surface area contributed by atoms with Gasteiger partial charge in [0.25, 0.3) is 5.91 Å². The summed E-state index contributed by atoms with van der Waals surface area (Å²) in [5.74, 6) is -0.620. The first-order valence-corrected chi connectivity index (χ1v) is 6.66. The maximum Gasteiger partial charge on any atom is 0.307 e. The van der Waals surface area contributed by atoms with Crippen molar-refractivity contribution in [1.29, 1.82) is 0 Å². The zero-order chi connectivity index (χ0) is 15.4. The molecular weight excluding hydrogens is 258 g/mol. The van der Waals surface area contributed by atoms with Crippen LogP contribution in [0.2, 0.25) is 0 Å². The number of nitrogens with one attached hydrogen (secondary N) is 1. The van der Waals surface area contributed by atoms with Crippen LogP contribution < -0.4 is 5.32 Å². The number of esters is 1. The highest BCUT2D eigenvalue weighted by Gasteiger charge is 2.06. The van der Waals surface area contributed by atoms with Crippen molar-refractivity contribution in [3.05, 3.63) is 35.4 Å². The Labute approximate surface area is 119 Å². The number of benzene rings is 1. The van der Waals surface area contributed by atoms with Gasteiger partial charge in [0.05, 0.1) is 13.0 Å². The van der Waals surface area contributed by atoms with Gasteiger partial charge in [-0.15, -0.1) is 0 Å². The quantitative estimate of drug-likeness (QED) is 0.640. The van der Waals surface area contributed by atoms with Crippen molar-refractivity contribution in [3.8, 4) is 0 Å². The molecule has 5 nitrogen and oxygen atoms in total. The first-order valence-electron chi connectivity index (χ1n) is 6.66. The number of ether oxygens (including phenoxy) is 1. The lowest BCUT2D eigenvalue weighted by atomic mass is 10.1. The molecule has 0 spiro atoms. The number of amides is 1. The maximum atomic E-state index is 11.6. The van der Waals surface area contributed by atoms with Gasteiger partial charge in [-0.1, -0.05) is 26.0 Å². The van der Waals surface area contributed by atoms with E-state index in [1.165, 1.54) is 0 Å². The van der Waals surface area contributed by atoms with Gasteiger partial charge >= 0.3 is 5.97 Å². The Morgan fingerprint density at radius 3 is 2.30 bits per heavy atom. The van der Waals surface area contributed by atoms with E-state index in [2.05, 4.69) is 5.32 Å². The molecular formula is C15H21NO4. The second-order valence-corrected chi connectivity index (χ2v) is 3.55. The first-order chi connectivity index (χ1) is 9.67. The highest BCUT2D eigenvalue weighted by atomic mass is 16.5. The summed E-state index contributed by atoms with van der Waals surface area (Å²) in [5, 5.41) is 2.60. The molecule has 0 aliphatic carbocycles. The Morgan fingerprint density at radius 2 is 1.80 bits per heavy atom. The third-order valence-electron chi connectivity index (χ3n) is 2.23. The smallest absolute Gasteiger partial charge is 0.307 e. The average Bonchev–Trinajstić information content (AvgIpc) is 2.49. The van der Waals surface area contributed by atoms with E-state index in [4.69, 9.17) is 4.74 Å². The van der Waals surface area contributed by atoms with Crippen LogP contribution in [0.3, 0.4) is 0 Å². The Balaban J connectivity index is 0.00000172. The molecule has 1 rings (SSSR count). The monoisotopic (exact) mass is 279 g/mol. The molecule has 110 valence electrons. The van der Waals surface area contributed by atoms with E-state index in [0.717, 1.165) is 0 Å². The summed E-state index contributed by atoms with van der Waals surface area (Å²) in [4.78, 5) is 33.1. The highest BCUT2D eigenvalue weighted by molar-refractivity contribution is 5.95. The summed E-state index contributed by atoms with van der Waals surface area (Å²) >= 11 is 0. The Hall–Kier alpha value is -2.17. The average molecular weight is 279 g/mol. The number of aldehydes is 1. The van der Waals surface area contributed by atoms with E-state index in [9.17, 15) is 14.4 Å². The third-order valence-corrected chi connectivity index (χ3v) is 2.23. The normalized spacial score (nSPS) is 8.95. The summed E-state index contributed by atoms with van der Waals surface area (Å²) in [6.07, 6.45) is 0.856. The van der Waals surface area contributed by atoms with Crippen LogP contribution >= 0.6 is 0 Å². The molecule has 0 aliphatic heterocycles. The fourth-order valence-electron chi connectivity index (χ4n) is 1.33. The lowest BCUT2D eigenvalue weighted by molar-refractivity contribution is -0.142. The molecule has 0 aromatic heterocycles. The van der Waals surface area contributed by atoms with Crippen molar-refractivity contribution >= 4 is 18.2 Å². The van der Waals surface area contributed by atoms with Crippen molar-refractivity contribution in [2.24, 2.45) is 0 Å². The minimum absolute atomic E-state index is 0.145. The number of hydrogen-bond acceptors (Lipinski definition) is 4. The lowest BCUT2D eigenvalue weighted by Gasteiger charge is -2.05. The van der Waals surface area contributed by atoms with Crippen molar-refractivity contribution in [2.75, 3.05) is 13.2 Å². The van der Waals surface area contributed by atoms with Crippen LogP contribution in [0.4, 0.5) is 0 Å². The van der Waals surface area contributed by atoms with E-state index in [1.807, 2.05) is 13.8 Å². The standard InChI is InChI=1S/C13H15NO4.C2H6/c1-2-18-12(16)7-8-14-13(17)11-5-3-10(9-15)4-6-11;1-2/h3-6,9H,2,7-8H2,1H3,(H,14,17);1-2H3. The molecule has 0 heterocycles. The van der Waals surface area contributed by atoms with Crippen molar-refractivity contribution in [2.45, 2.75) is 27.2 Å². The largest absolute Gasteiger partial charge is 0.466 e. The van der Waals surface area contributed by atoms with Gasteiger partial charge in [-0.25, -0.2) is 0 Å². The topological polar surface area (TPSA) is 72.5 Å². The molecule has 0 saturated heterocycles. The summed E-state index contributed by atoms with van der Waals surface area (Å²) < 4.78 is 4.73. The Kier molecular flexibility index (Phi) is 9.56. The van der Waals surface area contributed by atoms with E-state index >= 15 is 0 Å². The van der Waals surface area contributed by atoms with E-state index in [0.29, 0.717) is 24.0 Å². The molecule has 0 bridgehead atoms. The molecule has 20 heavy (non-hydrogen) atoms. The van der Waals surface area contributed by atoms with Crippen molar-refractivity contribution in [3.63, 3.8) is 0 Å². The molecule has 1 amide bonds. The summed E-state index contributed by atoms with van der Waals surface area (Å²) in [5.41, 5.74) is 0.961. The fraction of sp³-hybridized carbons (Fsp3) is 0.400. The molecule has 0 fully saturated rings. The van der Waals surface area contributed by atoms with Crippen LogP contribution in [0, 0.1) is 0 Å². The summed E-state index contributed by atoms with van der Waals surface area (Å²) in [7, 11) is 0. The Bertz CT molecular complexity index is 426. The van der Waals surface area contributed by atoms with Gasteiger partial charge in [0.15, 0.2) is 0 Å². The van der Waals surface area contributed by atoms with Crippen LogP contribution in [0.5, 0.6) is 0 Å². The van der Waals surface area contributed by atoms with Crippen LogP contribution in [-0.4, -0.2) is 31.3 Å². The predicted molar refractivity (Wildman–Crippen MR) is 76.8 cm³/mol. The maximum absolute atomic E-state index is 11.6. The summed E-state index contributed by atoms with van der Waals surface area (Å²) in [6.45, 7) is 6.29. The predicted octanol–water partition coefficient (Wildman–Crippen LogP) is 2.21. The fourth-order valence-corrected chi connectivity index (χ4v) is 1.33. The lowest BCUT2D eigenvalue weighted by Crippen LogP contribution is -2.26. The highest BCUT2D eigenvalue weighted by Crippen LogP contribution is 2.02. The first kappa shape index (κ1) is 17.8. The van der Waals surface area contributed by atoms with Gasteiger partial charge in [0.2, 0.25) is 0 Å². The van der Waals surface area contributed by atoms with Crippen LogP contribution in [0.1, 0.15) is 47.9 Å². The molecule has 5 heteroatoms. The zero-order valence-corrected chi connectivity index (χ0v) is 12.1. The van der Waals surface area contributed by atoms with Gasteiger partial charge < -0.3 is 10.1 Å². The van der Waals surface area contributed by atoms with Crippen LogP contribution in [0.25, 0.3) is 0 Å². The molecule has 1 N–H and O–H groups in total. The van der Waals surface area contributed by atoms with Crippen LogP contribution in [0.15, 0.2) is 24.3 Å². The van der Waals surface area contributed by atoms with E-state index in [1.54, 1.807) is 31.2 Å². The number of carbonyl (C=O) groups excluding carboxylic acids is 3. The third kappa shape index (κ3) is 6.68. The van der Waals surface area contributed by atoms with Gasteiger partial charge in [-0.3, -0.25) is 14.4 Å². The van der Waals surface area contributed by atoms with Crippen molar-refractivity contribution < 1.29 is 19.1 Å². The van der Waals surface area contributed by atoms with Gasteiger partial charge in [-0.2, -0.15) is 0 Å². The zero-order valence-electron chi connectivity index (χ0n) is 12.1. The van der Waals surface area contributed by atoms with Gasteiger partial charge in [0, 0.05) is 17.7 Å². The minimum atomic E-state index is -0.339. The van der Waals surface area contributed by atoms with Gasteiger partial charge in [0.1, 0.15) is 6.29 Å². The number of rotatable bonds is 6. The molecule has 1 aromatic carbocycles. The second kappa shape index (κ2) is 10.7. The molecule has 0 aliphatic rings. The molecule has 0 atom stereocenters. The van der Waals surface area contributed by atoms with Crippen molar-refractivity contribution in [1.82, 2.24) is 5.32 Å². The van der Waals surface area contributed by atoms with Gasteiger partial charge in [-0.05, 0) is 19.1 Å². The molecule has 0 radical (unpaired) electrons.